The van der Waals surface area contributed by atoms with Crippen LogP contribution in [0.2, 0.25) is 0 Å². The van der Waals surface area contributed by atoms with Crippen LogP contribution in [-0.2, 0) is 17.8 Å². The molecule has 3 heterocycles. The van der Waals surface area contributed by atoms with E-state index in [1.165, 1.54) is 40.0 Å². The number of halogens is 1. The van der Waals surface area contributed by atoms with E-state index >= 15 is 0 Å². The topological polar surface area (TPSA) is 54.0 Å². The van der Waals surface area contributed by atoms with Crippen molar-refractivity contribution >= 4 is 43.8 Å². The van der Waals surface area contributed by atoms with Gasteiger partial charge in [-0.1, -0.05) is 6.58 Å². The number of carbonyl (C=O) groups is 1. The van der Waals surface area contributed by atoms with Gasteiger partial charge in [0.25, 0.3) is 0 Å². The van der Waals surface area contributed by atoms with E-state index in [0.717, 1.165) is 39.8 Å². The van der Waals surface area contributed by atoms with Gasteiger partial charge >= 0.3 is 0 Å². The van der Waals surface area contributed by atoms with Gasteiger partial charge in [0.2, 0.25) is 5.91 Å². The van der Waals surface area contributed by atoms with Gasteiger partial charge in [-0.2, -0.15) is 0 Å². The number of rotatable bonds is 3. The fraction of sp³-hybridized carbons (Fsp3) is 0.176. The van der Waals surface area contributed by atoms with E-state index in [4.69, 9.17) is 0 Å². The smallest absolute Gasteiger partial charge is 0.248 e. The zero-order chi connectivity index (χ0) is 16.7. The molecule has 1 aromatic carbocycles. The third kappa shape index (κ3) is 2.64. The van der Waals surface area contributed by atoms with Crippen molar-refractivity contribution in [2.24, 2.45) is 0 Å². The second-order valence-corrected chi connectivity index (χ2v) is 7.59. The fourth-order valence-electron chi connectivity index (χ4n) is 2.82. The molecule has 0 saturated carbocycles. The van der Waals surface area contributed by atoms with Crippen LogP contribution in [0.4, 0.5) is 9.39 Å². The van der Waals surface area contributed by atoms with Crippen LogP contribution in [0.15, 0.2) is 30.9 Å². The van der Waals surface area contributed by atoms with E-state index in [2.05, 4.69) is 22.2 Å². The standard InChI is InChI=1S/C17H14FN3OS2/c1-2-14(22)21-17-15(10-5-6-19-8-13(10)24-17)16-20-11-7-9(18)3-4-12(11)23-16/h2-4,7,19H,1,5-6,8H2,(H,21,22). The van der Waals surface area contributed by atoms with E-state index in [1.807, 2.05) is 0 Å². The van der Waals surface area contributed by atoms with Crippen LogP contribution >= 0.6 is 22.7 Å². The van der Waals surface area contributed by atoms with Gasteiger partial charge in [-0.15, -0.1) is 22.7 Å². The summed E-state index contributed by atoms with van der Waals surface area (Å²) in [6.45, 7) is 5.19. The van der Waals surface area contributed by atoms with Gasteiger partial charge in [-0.3, -0.25) is 4.79 Å². The third-order valence-electron chi connectivity index (χ3n) is 3.91. The van der Waals surface area contributed by atoms with Gasteiger partial charge in [0, 0.05) is 23.1 Å². The number of anilines is 1. The zero-order valence-electron chi connectivity index (χ0n) is 12.7. The summed E-state index contributed by atoms with van der Waals surface area (Å²) in [4.78, 5) is 17.6. The van der Waals surface area contributed by atoms with Gasteiger partial charge in [0.15, 0.2) is 0 Å². The molecule has 1 aliphatic rings. The summed E-state index contributed by atoms with van der Waals surface area (Å²) in [5.41, 5.74) is 2.83. The zero-order valence-corrected chi connectivity index (χ0v) is 14.3. The summed E-state index contributed by atoms with van der Waals surface area (Å²) in [5, 5.41) is 7.84. The molecule has 1 aliphatic heterocycles. The highest BCUT2D eigenvalue weighted by Gasteiger charge is 2.24. The highest BCUT2D eigenvalue weighted by molar-refractivity contribution is 7.22. The first-order valence-electron chi connectivity index (χ1n) is 7.51. The van der Waals surface area contributed by atoms with Crippen molar-refractivity contribution in [3.63, 3.8) is 0 Å². The predicted molar refractivity (Wildman–Crippen MR) is 97.1 cm³/mol. The molecule has 2 N–H and O–H groups in total. The molecule has 0 radical (unpaired) electrons. The molecular formula is C17H14FN3OS2. The van der Waals surface area contributed by atoms with Crippen molar-refractivity contribution in [2.45, 2.75) is 13.0 Å². The summed E-state index contributed by atoms with van der Waals surface area (Å²) < 4.78 is 14.4. The number of hydrogen-bond acceptors (Lipinski definition) is 5. The lowest BCUT2D eigenvalue weighted by molar-refractivity contribution is -0.111. The molecule has 122 valence electrons. The van der Waals surface area contributed by atoms with E-state index in [-0.39, 0.29) is 11.7 Å². The van der Waals surface area contributed by atoms with Crippen molar-refractivity contribution < 1.29 is 9.18 Å². The SMILES string of the molecule is C=CC(=O)Nc1sc2c(c1-c1nc3cc(F)ccc3s1)CCNC2. The molecule has 0 unspecified atom stereocenters. The average Bonchev–Trinajstić information content (AvgIpc) is 3.14. The second-order valence-electron chi connectivity index (χ2n) is 5.46. The van der Waals surface area contributed by atoms with Gasteiger partial charge in [-0.05, 0) is 36.7 Å². The van der Waals surface area contributed by atoms with E-state index in [1.54, 1.807) is 17.4 Å². The maximum absolute atomic E-state index is 13.4. The molecule has 7 heteroatoms. The summed E-state index contributed by atoms with van der Waals surface area (Å²) in [5.74, 6) is -0.536. The van der Waals surface area contributed by atoms with Crippen LogP contribution in [-0.4, -0.2) is 17.4 Å². The quantitative estimate of drug-likeness (QED) is 0.697. The first-order chi connectivity index (χ1) is 11.7. The van der Waals surface area contributed by atoms with Crippen molar-refractivity contribution in [1.29, 1.82) is 0 Å². The minimum Gasteiger partial charge on any atom is -0.314 e. The lowest BCUT2D eigenvalue weighted by Crippen LogP contribution is -2.22. The molecule has 4 rings (SSSR count). The molecule has 0 saturated heterocycles. The lowest BCUT2D eigenvalue weighted by Gasteiger charge is -2.13. The van der Waals surface area contributed by atoms with Crippen molar-refractivity contribution in [3.05, 3.63) is 47.1 Å². The Hall–Kier alpha value is -2.09. The van der Waals surface area contributed by atoms with Crippen LogP contribution in [0.25, 0.3) is 20.8 Å². The minimum absolute atomic E-state index is 0.241. The van der Waals surface area contributed by atoms with Gasteiger partial charge < -0.3 is 10.6 Å². The maximum atomic E-state index is 13.4. The van der Waals surface area contributed by atoms with Crippen molar-refractivity contribution in [2.75, 3.05) is 11.9 Å². The molecule has 24 heavy (non-hydrogen) atoms. The fourth-order valence-corrected chi connectivity index (χ4v) is 5.13. The number of thiazole rings is 1. The number of aromatic nitrogens is 1. The Balaban J connectivity index is 1.89. The molecule has 2 aromatic heterocycles. The van der Waals surface area contributed by atoms with Crippen molar-refractivity contribution in [1.82, 2.24) is 10.3 Å². The molecular weight excluding hydrogens is 345 g/mol. The predicted octanol–water partition coefficient (Wildman–Crippen LogP) is 3.93. The number of thiophene rings is 1. The number of amides is 1. The summed E-state index contributed by atoms with van der Waals surface area (Å²) in [7, 11) is 0. The molecule has 0 aliphatic carbocycles. The average molecular weight is 359 g/mol. The second kappa shape index (κ2) is 6.08. The summed E-state index contributed by atoms with van der Waals surface area (Å²) in [6, 6.07) is 4.63. The Morgan fingerprint density at radius 2 is 2.29 bits per heavy atom. The van der Waals surface area contributed by atoms with Crippen LogP contribution in [0.1, 0.15) is 10.4 Å². The Morgan fingerprint density at radius 1 is 1.42 bits per heavy atom. The molecule has 0 fully saturated rings. The van der Waals surface area contributed by atoms with Crippen LogP contribution in [0.5, 0.6) is 0 Å². The van der Waals surface area contributed by atoms with E-state index in [9.17, 15) is 9.18 Å². The monoisotopic (exact) mass is 359 g/mol. The number of hydrogen-bond donors (Lipinski definition) is 2. The van der Waals surface area contributed by atoms with Crippen LogP contribution in [0.3, 0.4) is 0 Å². The lowest BCUT2D eigenvalue weighted by atomic mass is 10.0. The number of nitrogens with one attached hydrogen (secondary N) is 2. The first-order valence-corrected chi connectivity index (χ1v) is 9.14. The van der Waals surface area contributed by atoms with Crippen molar-refractivity contribution in [3.8, 4) is 10.6 Å². The molecule has 0 atom stereocenters. The maximum Gasteiger partial charge on any atom is 0.248 e. The van der Waals surface area contributed by atoms with E-state index in [0.29, 0.717) is 5.52 Å². The number of nitrogens with zero attached hydrogens (tertiary/aromatic N) is 1. The van der Waals surface area contributed by atoms with Gasteiger partial charge in [-0.25, -0.2) is 9.37 Å². The first kappa shape index (κ1) is 15.4. The molecule has 3 aromatic rings. The molecule has 0 spiro atoms. The Kier molecular flexibility index (Phi) is 3.91. The number of carbonyl (C=O) groups excluding carboxylic acids is 1. The van der Waals surface area contributed by atoms with Crippen LogP contribution < -0.4 is 10.6 Å². The largest absolute Gasteiger partial charge is 0.314 e. The highest BCUT2D eigenvalue weighted by atomic mass is 32.1. The highest BCUT2D eigenvalue weighted by Crippen LogP contribution is 2.44. The van der Waals surface area contributed by atoms with Gasteiger partial charge in [0.05, 0.1) is 10.2 Å². The van der Waals surface area contributed by atoms with Crippen LogP contribution in [0, 0.1) is 5.82 Å². The Labute approximate surface area is 146 Å². The minimum atomic E-state index is -0.295. The molecule has 0 bridgehead atoms. The number of fused-ring (bicyclic) bond motifs is 2. The summed E-state index contributed by atoms with van der Waals surface area (Å²) in [6.07, 6.45) is 2.14. The molecule has 4 nitrogen and oxygen atoms in total. The third-order valence-corrected chi connectivity index (χ3v) is 6.11. The van der Waals surface area contributed by atoms with E-state index < -0.39 is 0 Å². The number of benzene rings is 1. The Morgan fingerprint density at radius 3 is 3.12 bits per heavy atom. The molecule has 1 amide bonds. The summed E-state index contributed by atoms with van der Waals surface area (Å²) >= 11 is 3.08. The van der Waals surface area contributed by atoms with Gasteiger partial charge in [0.1, 0.15) is 15.8 Å². The Bertz CT molecular complexity index is 960. The normalized spacial score (nSPS) is 13.7.